The molecule has 0 atom stereocenters. The van der Waals surface area contributed by atoms with Crippen LogP contribution in [-0.4, -0.2) is 50.3 Å². The molecule has 0 aliphatic rings. The van der Waals surface area contributed by atoms with Crippen molar-refractivity contribution in [3.05, 3.63) is 0 Å². The van der Waals surface area contributed by atoms with Crippen LogP contribution in [0.1, 0.15) is 0 Å². The maximum absolute atomic E-state index is 9.10. The van der Waals surface area contributed by atoms with E-state index < -0.39 is 28.9 Å². The van der Waals surface area contributed by atoms with Crippen LogP contribution in [0.15, 0.2) is 0 Å². The van der Waals surface area contributed by atoms with Crippen LogP contribution in [0, 0.1) is 0 Å². The van der Waals surface area contributed by atoms with Crippen molar-refractivity contribution in [1.82, 2.24) is 0 Å². The summed E-state index contributed by atoms with van der Waals surface area (Å²) in [4.78, 5) is 0. The second-order valence-electron chi connectivity index (χ2n) is 0.862. The minimum Gasteiger partial charge on any atom is -0.706 e. The molecule has 0 aromatic rings. The summed E-state index contributed by atoms with van der Waals surface area (Å²) < 4.78 is 39.4. The van der Waals surface area contributed by atoms with Gasteiger partial charge < -0.3 is 26.7 Å². The molecule has 0 rings (SSSR count). The molecular formula is C3H9K3O6Si3. The van der Waals surface area contributed by atoms with Crippen molar-refractivity contribution in [3.63, 3.8) is 0 Å². The van der Waals surface area contributed by atoms with Gasteiger partial charge in [-0.15, -0.1) is 0 Å². The summed E-state index contributed by atoms with van der Waals surface area (Å²) in [5.74, 6) is 0. The van der Waals surface area contributed by atoms with Gasteiger partial charge in [0.1, 0.15) is 0 Å². The van der Waals surface area contributed by atoms with E-state index in [1.807, 2.05) is 0 Å². The summed E-state index contributed by atoms with van der Waals surface area (Å²) in [7, 11) is 2.31. The van der Waals surface area contributed by atoms with Crippen molar-refractivity contribution >= 4 is 28.9 Å². The Morgan fingerprint density at radius 3 is 0.667 bits per heavy atom. The summed E-state index contributed by atoms with van der Waals surface area (Å²) in [5, 5.41) is 0. The fraction of sp³-hybridized carbons (Fsp3) is 1.00. The van der Waals surface area contributed by atoms with E-state index in [4.69, 9.17) is 13.4 Å². The van der Waals surface area contributed by atoms with Crippen molar-refractivity contribution in [2.24, 2.45) is 0 Å². The van der Waals surface area contributed by atoms with Gasteiger partial charge in [-0.25, -0.2) is 0 Å². The third-order valence-electron chi connectivity index (χ3n) is 0.250. The molecule has 0 aromatic heterocycles. The SMILES string of the molecule is CO[Si-]=O.CO[Si-]=O.CO[Si-]=O.[K+].[K+].[K+]. The Morgan fingerprint density at radius 2 is 0.667 bits per heavy atom. The molecule has 0 bridgehead atoms. The topological polar surface area (TPSA) is 78.9 Å². The third kappa shape index (κ3) is 90.7. The van der Waals surface area contributed by atoms with Crippen LogP contribution in [0.25, 0.3) is 0 Å². The number of rotatable bonds is 3. The van der Waals surface area contributed by atoms with E-state index in [-0.39, 0.29) is 154 Å². The molecule has 0 saturated carbocycles. The summed E-state index contributed by atoms with van der Waals surface area (Å²) >= 11 is 0. The van der Waals surface area contributed by atoms with E-state index in [0.29, 0.717) is 0 Å². The zero-order chi connectivity index (χ0) is 10.2. The van der Waals surface area contributed by atoms with Gasteiger partial charge in [0.25, 0.3) is 0 Å². The predicted octanol–water partition coefficient (Wildman–Crippen LogP) is -10.2. The monoisotopic (exact) mass is 342 g/mol. The van der Waals surface area contributed by atoms with Gasteiger partial charge in [-0.1, -0.05) is 0 Å². The first kappa shape index (κ1) is 36.6. The number of hydrogen-bond donors (Lipinski definition) is 0. The number of hydrogen-bond acceptors (Lipinski definition) is 6. The van der Waals surface area contributed by atoms with Gasteiger partial charge in [-0.05, 0) is 0 Å². The van der Waals surface area contributed by atoms with Gasteiger partial charge in [0.2, 0.25) is 0 Å². The zero-order valence-corrected chi connectivity index (χ0v) is 22.3. The van der Waals surface area contributed by atoms with Crippen LogP contribution in [0.4, 0.5) is 0 Å². The van der Waals surface area contributed by atoms with Gasteiger partial charge in [0.15, 0.2) is 0 Å². The van der Waals surface area contributed by atoms with Gasteiger partial charge in [-0.3, -0.25) is 0 Å². The van der Waals surface area contributed by atoms with Gasteiger partial charge >= 0.3 is 154 Å². The van der Waals surface area contributed by atoms with Crippen molar-refractivity contribution in [2.75, 3.05) is 21.3 Å². The molecule has 0 aliphatic heterocycles. The van der Waals surface area contributed by atoms with Crippen LogP contribution in [0.2, 0.25) is 0 Å². The first-order chi connectivity index (χ1) is 5.74. The summed E-state index contributed by atoms with van der Waals surface area (Å²) in [6.07, 6.45) is 0. The van der Waals surface area contributed by atoms with Crippen molar-refractivity contribution < 1.29 is 181 Å². The smallest absolute Gasteiger partial charge is 0.706 e. The van der Waals surface area contributed by atoms with E-state index in [1.54, 1.807) is 0 Å². The van der Waals surface area contributed by atoms with E-state index in [2.05, 4.69) is 13.3 Å². The second kappa shape index (κ2) is 51.6. The van der Waals surface area contributed by atoms with E-state index in [1.165, 1.54) is 21.3 Å². The molecule has 0 N–H and O–H groups in total. The standard InChI is InChI=1S/3CH3O2Si.3K/c3*1-3-4-2;;;/h3*1H3;;;/q3*-1;3*+1. The zero-order valence-electron chi connectivity index (χ0n) is 9.95. The Bertz CT molecular complexity index is 89.8. The maximum atomic E-state index is 9.10. The molecule has 0 saturated heterocycles. The van der Waals surface area contributed by atoms with Crippen LogP contribution < -0.4 is 154 Å². The van der Waals surface area contributed by atoms with E-state index >= 15 is 0 Å². The second-order valence-corrected chi connectivity index (χ2v) is 2.59. The van der Waals surface area contributed by atoms with Crippen molar-refractivity contribution in [1.29, 1.82) is 0 Å². The summed E-state index contributed by atoms with van der Waals surface area (Å²) in [6, 6.07) is 0. The summed E-state index contributed by atoms with van der Waals surface area (Å²) in [6.45, 7) is 0. The molecule has 0 fully saturated rings. The molecule has 0 heterocycles. The Labute approximate surface area is 224 Å². The van der Waals surface area contributed by atoms with Gasteiger partial charge in [0, 0.05) is 21.3 Å². The average molecular weight is 343 g/mol. The minimum absolute atomic E-state index is 0. The predicted molar refractivity (Wildman–Crippen MR) is 40.3 cm³/mol. The largest absolute Gasteiger partial charge is 1.00 e. The fourth-order valence-electron chi connectivity index (χ4n) is 0. The fourth-order valence-corrected chi connectivity index (χ4v) is 0. The molecule has 0 spiro atoms. The Balaban J connectivity index is -0.0000000184. The van der Waals surface area contributed by atoms with Crippen molar-refractivity contribution in [2.45, 2.75) is 0 Å². The average Bonchev–Trinajstić information content (AvgIpc) is 2.18. The first-order valence-corrected chi connectivity index (χ1v) is 4.90. The molecule has 72 valence electrons. The quantitative estimate of drug-likeness (QED) is 0.474. The molecule has 0 aliphatic carbocycles. The Morgan fingerprint density at radius 1 is 0.600 bits per heavy atom. The molecule has 0 amide bonds. The third-order valence-corrected chi connectivity index (χ3v) is 0.750. The van der Waals surface area contributed by atoms with Crippen LogP contribution >= 0.6 is 0 Å². The van der Waals surface area contributed by atoms with Crippen LogP contribution in [0.3, 0.4) is 0 Å². The minimum atomic E-state index is -0.610. The molecule has 6 nitrogen and oxygen atoms in total. The summed E-state index contributed by atoms with van der Waals surface area (Å²) in [5.41, 5.74) is 0. The van der Waals surface area contributed by atoms with Crippen LogP contribution in [-0.2, 0) is 26.7 Å². The Kier molecular flexibility index (Phi) is 126. The molecule has 0 radical (unpaired) electrons. The molecular weight excluding hydrogens is 334 g/mol. The molecule has 12 heteroatoms. The first-order valence-electron chi connectivity index (χ1n) is 2.45. The normalized spacial score (nSPS) is 4.20. The Hall–Kier alpha value is 4.36. The van der Waals surface area contributed by atoms with Crippen LogP contribution in [0.5, 0.6) is 0 Å². The molecule has 0 unspecified atom stereocenters. The van der Waals surface area contributed by atoms with Crippen molar-refractivity contribution in [3.8, 4) is 0 Å². The molecule has 15 heavy (non-hydrogen) atoms. The van der Waals surface area contributed by atoms with E-state index in [0.717, 1.165) is 0 Å². The molecule has 0 aromatic carbocycles. The van der Waals surface area contributed by atoms with E-state index in [9.17, 15) is 0 Å². The van der Waals surface area contributed by atoms with Gasteiger partial charge in [0.05, 0.1) is 28.9 Å². The maximum Gasteiger partial charge on any atom is 1.00 e. The van der Waals surface area contributed by atoms with Gasteiger partial charge in [-0.2, -0.15) is 0 Å².